The highest BCUT2D eigenvalue weighted by Crippen LogP contribution is 2.27. The van der Waals surface area contributed by atoms with Gasteiger partial charge in [0.2, 0.25) is 0 Å². The number of aromatic nitrogens is 2. The van der Waals surface area contributed by atoms with Crippen LogP contribution >= 0.6 is 11.6 Å². The fourth-order valence-electron chi connectivity index (χ4n) is 2.02. The fourth-order valence-corrected chi connectivity index (χ4v) is 2.31. The average molecular weight is 248 g/mol. The normalized spacial score (nSPS) is 13.6. The van der Waals surface area contributed by atoms with Crippen LogP contribution in [0.3, 0.4) is 0 Å². The summed E-state index contributed by atoms with van der Waals surface area (Å²) in [4.78, 5) is 4.38. The summed E-state index contributed by atoms with van der Waals surface area (Å²) >= 11 is 6.04. The van der Waals surface area contributed by atoms with Crippen LogP contribution in [0.4, 0.5) is 0 Å². The first-order valence-corrected chi connectivity index (χ1v) is 5.71. The molecule has 2 aromatic heterocycles. The molecule has 2 aromatic rings. The highest BCUT2D eigenvalue weighted by molar-refractivity contribution is 6.33. The zero-order chi connectivity index (χ0) is 11.8. The van der Waals surface area contributed by atoms with Gasteiger partial charge >= 0.3 is 0 Å². The lowest BCUT2D eigenvalue weighted by atomic mass is 10.1. The smallest absolute Gasteiger partial charge is 0.161 e. The molecular weight excluding hydrogens is 238 g/mol. The highest BCUT2D eigenvalue weighted by atomic mass is 35.5. The molecule has 86 valence electrons. The monoisotopic (exact) mass is 247 g/mol. The zero-order valence-corrected chi connectivity index (χ0v) is 10.0. The molecule has 0 N–H and O–H groups in total. The first kappa shape index (κ1) is 10.5. The van der Waals surface area contributed by atoms with E-state index in [0.29, 0.717) is 18.1 Å². The van der Waals surface area contributed by atoms with E-state index in [4.69, 9.17) is 16.0 Å². The van der Waals surface area contributed by atoms with Gasteiger partial charge in [0.25, 0.3) is 0 Å². The highest BCUT2D eigenvalue weighted by Gasteiger charge is 2.22. The molecule has 0 amide bonds. The van der Waals surface area contributed by atoms with Gasteiger partial charge in [0.15, 0.2) is 5.15 Å². The lowest BCUT2D eigenvalue weighted by molar-refractivity contribution is 0.517. The van der Waals surface area contributed by atoms with Crippen LogP contribution in [-0.2, 0) is 13.0 Å². The number of halogens is 1. The topological polar surface area (TPSA) is 51.3 Å². The van der Waals surface area contributed by atoms with Gasteiger partial charge in [-0.15, -0.1) is 5.10 Å². The quantitative estimate of drug-likeness (QED) is 0.820. The number of furan rings is 1. The minimum absolute atomic E-state index is 0.432. The van der Waals surface area contributed by atoms with Crippen molar-refractivity contribution in [3.8, 4) is 0 Å². The van der Waals surface area contributed by atoms with Crippen molar-refractivity contribution in [2.75, 3.05) is 0 Å². The predicted octanol–water partition coefficient (Wildman–Crippen LogP) is 2.64. The summed E-state index contributed by atoms with van der Waals surface area (Å²) in [6, 6.07) is 3.78. The first-order valence-electron chi connectivity index (χ1n) is 5.33. The number of rotatable bonds is 2. The second-order valence-corrected chi connectivity index (χ2v) is 4.31. The molecule has 4 nitrogen and oxygen atoms in total. The standard InChI is InChI=1S/C12H10ClN3O/c1-7-11-9(6-14-7)10(15-16-12(11)13)5-8-3-2-4-17-8/h2-4H,5-6H2,1H3. The molecule has 17 heavy (non-hydrogen) atoms. The lowest BCUT2D eigenvalue weighted by Gasteiger charge is -2.06. The Morgan fingerprint density at radius 2 is 2.29 bits per heavy atom. The van der Waals surface area contributed by atoms with E-state index < -0.39 is 0 Å². The molecule has 0 radical (unpaired) electrons. The summed E-state index contributed by atoms with van der Waals surface area (Å²) in [7, 11) is 0. The molecule has 0 aliphatic carbocycles. The van der Waals surface area contributed by atoms with Gasteiger partial charge in [0.05, 0.1) is 24.9 Å². The molecule has 3 rings (SSSR count). The van der Waals surface area contributed by atoms with Crippen molar-refractivity contribution in [3.05, 3.63) is 46.1 Å². The number of nitrogens with zero attached hydrogens (tertiary/aromatic N) is 3. The van der Waals surface area contributed by atoms with E-state index >= 15 is 0 Å². The maximum Gasteiger partial charge on any atom is 0.161 e. The third-order valence-corrected chi connectivity index (χ3v) is 3.14. The van der Waals surface area contributed by atoms with Crippen molar-refractivity contribution in [1.82, 2.24) is 10.2 Å². The van der Waals surface area contributed by atoms with E-state index in [0.717, 1.165) is 28.3 Å². The van der Waals surface area contributed by atoms with Crippen molar-refractivity contribution >= 4 is 17.3 Å². The van der Waals surface area contributed by atoms with Crippen LogP contribution in [0.15, 0.2) is 27.8 Å². The summed E-state index contributed by atoms with van der Waals surface area (Å²) in [6.45, 7) is 2.57. The van der Waals surface area contributed by atoms with Crippen molar-refractivity contribution < 1.29 is 4.42 Å². The van der Waals surface area contributed by atoms with Crippen molar-refractivity contribution in [3.63, 3.8) is 0 Å². The third kappa shape index (κ3) is 1.74. The van der Waals surface area contributed by atoms with E-state index in [1.807, 2.05) is 19.1 Å². The molecule has 0 fully saturated rings. The summed E-state index contributed by atoms with van der Waals surface area (Å²) in [5.41, 5.74) is 3.82. The number of fused-ring (bicyclic) bond motifs is 1. The fraction of sp³-hybridized carbons (Fsp3) is 0.250. The molecule has 0 spiro atoms. The van der Waals surface area contributed by atoms with Gasteiger partial charge in [-0.1, -0.05) is 11.6 Å². The summed E-state index contributed by atoms with van der Waals surface area (Å²) in [6.07, 6.45) is 2.28. The van der Waals surface area contributed by atoms with Gasteiger partial charge in [-0.3, -0.25) is 4.99 Å². The van der Waals surface area contributed by atoms with E-state index in [2.05, 4.69) is 15.2 Å². The second kappa shape index (κ2) is 3.96. The Labute approximate surface area is 103 Å². The maximum atomic E-state index is 6.04. The largest absolute Gasteiger partial charge is 0.469 e. The molecule has 5 heteroatoms. The van der Waals surface area contributed by atoms with Crippen molar-refractivity contribution in [1.29, 1.82) is 0 Å². The summed E-state index contributed by atoms with van der Waals surface area (Å²) in [5.74, 6) is 0.869. The van der Waals surface area contributed by atoms with Crippen LogP contribution in [0, 0.1) is 0 Å². The molecule has 0 saturated heterocycles. The van der Waals surface area contributed by atoms with Crippen LogP contribution in [0.2, 0.25) is 5.15 Å². The van der Waals surface area contributed by atoms with Crippen molar-refractivity contribution in [2.24, 2.45) is 4.99 Å². The van der Waals surface area contributed by atoms with E-state index in [1.165, 1.54) is 0 Å². The van der Waals surface area contributed by atoms with Gasteiger partial charge in [-0.25, -0.2) is 0 Å². The van der Waals surface area contributed by atoms with Crippen LogP contribution in [0.25, 0.3) is 0 Å². The Balaban J connectivity index is 2.03. The van der Waals surface area contributed by atoms with Crippen molar-refractivity contribution in [2.45, 2.75) is 19.9 Å². The van der Waals surface area contributed by atoms with Gasteiger partial charge in [-0.05, 0) is 19.1 Å². The Morgan fingerprint density at radius 3 is 3.06 bits per heavy atom. The Bertz CT molecular complexity index is 590. The first-order chi connectivity index (χ1) is 8.25. The van der Waals surface area contributed by atoms with E-state index in [-0.39, 0.29) is 0 Å². The Hall–Kier alpha value is -1.68. The summed E-state index contributed by atoms with van der Waals surface area (Å²) in [5, 5.41) is 8.55. The number of hydrogen-bond donors (Lipinski definition) is 0. The van der Waals surface area contributed by atoms with Crippen LogP contribution in [-0.4, -0.2) is 15.9 Å². The third-order valence-electron chi connectivity index (χ3n) is 2.87. The Morgan fingerprint density at radius 1 is 1.41 bits per heavy atom. The SMILES string of the molecule is CC1=NCc2c(Cc3ccco3)nnc(Cl)c21. The van der Waals surface area contributed by atoms with E-state index in [1.54, 1.807) is 6.26 Å². The second-order valence-electron chi connectivity index (χ2n) is 3.95. The maximum absolute atomic E-state index is 6.04. The molecule has 0 bridgehead atoms. The molecule has 0 saturated carbocycles. The van der Waals surface area contributed by atoms with Gasteiger partial charge in [-0.2, -0.15) is 5.10 Å². The molecule has 3 heterocycles. The van der Waals surface area contributed by atoms with Gasteiger partial charge < -0.3 is 4.42 Å². The minimum Gasteiger partial charge on any atom is -0.469 e. The predicted molar refractivity (Wildman–Crippen MR) is 64.5 cm³/mol. The molecule has 1 aliphatic heterocycles. The number of aliphatic imine (C=N–C) groups is 1. The van der Waals surface area contributed by atoms with E-state index in [9.17, 15) is 0 Å². The molecule has 1 aliphatic rings. The van der Waals surface area contributed by atoms with Crippen LogP contribution < -0.4 is 0 Å². The Kier molecular flexibility index (Phi) is 2.44. The zero-order valence-electron chi connectivity index (χ0n) is 9.27. The molecule has 0 unspecified atom stereocenters. The van der Waals surface area contributed by atoms with Gasteiger partial charge in [0.1, 0.15) is 5.76 Å². The molecular formula is C12H10ClN3O. The van der Waals surface area contributed by atoms with Gasteiger partial charge in [0, 0.05) is 16.8 Å². The van der Waals surface area contributed by atoms with Crippen LogP contribution in [0.1, 0.15) is 29.5 Å². The molecule has 0 aromatic carbocycles. The summed E-state index contributed by atoms with van der Waals surface area (Å²) < 4.78 is 5.32. The molecule has 0 atom stereocenters. The van der Waals surface area contributed by atoms with Crippen LogP contribution in [0.5, 0.6) is 0 Å². The number of hydrogen-bond acceptors (Lipinski definition) is 4. The lowest BCUT2D eigenvalue weighted by Crippen LogP contribution is -2.05. The average Bonchev–Trinajstić information content (AvgIpc) is 2.93. The minimum atomic E-state index is 0.432.